The molecule has 0 N–H and O–H groups in total. The average Bonchev–Trinajstić information content (AvgIpc) is 3.21. The lowest BCUT2D eigenvalue weighted by molar-refractivity contribution is 0.1000. The summed E-state index contributed by atoms with van der Waals surface area (Å²) in [4.78, 5) is 12.3. The molecule has 2 heterocycles. The summed E-state index contributed by atoms with van der Waals surface area (Å²) in [6.07, 6.45) is 3.78. The number of carbonyl (C=O) groups excluding carboxylic acids is 1. The molecule has 5 nitrogen and oxygen atoms in total. The van der Waals surface area contributed by atoms with Gasteiger partial charge in [-0.2, -0.15) is 0 Å². The molecule has 0 saturated carbocycles. The van der Waals surface area contributed by atoms with Crippen molar-refractivity contribution in [2.75, 3.05) is 0 Å². The van der Waals surface area contributed by atoms with Gasteiger partial charge >= 0.3 is 0 Å². The highest BCUT2D eigenvalue weighted by molar-refractivity contribution is 8.00. The lowest BCUT2D eigenvalue weighted by atomic mass is 10.1. The first-order chi connectivity index (χ1) is 10.3. The Morgan fingerprint density at radius 2 is 2.10 bits per heavy atom. The van der Waals surface area contributed by atoms with Crippen molar-refractivity contribution >= 4 is 17.5 Å². The lowest BCUT2D eigenvalue weighted by Gasteiger charge is -2.02. The van der Waals surface area contributed by atoms with Gasteiger partial charge in [-0.1, -0.05) is 36.0 Å². The van der Waals surface area contributed by atoms with Crippen LogP contribution < -0.4 is 0 Å². The zero-order valence-electron chi connectivity index (χ0n) is 10.9. The highest BCUT2D eigenvalue weighted by atomic mass is 32.2. The molecule has 1 aliphatic carbocycles. The van der Waals surface area contributed by atoms with Gasteiger partial charge in [0.2, 0.25) is 0 Å². The predicted octanol–water partition coefficient (Wildman–Crippen LogP) is 3.23. The molecule has 0 amide bonds. The van der Waals surface area contributed by atoms with Gasteiger partial charge in [-0.25, -0.2) is 0 Å². The molecule has 0 saturated heterocycles. The molecule has 6 heteroatoms. The minimum atomic E-state index is -0.194. The van der Waals surface area contributed by atoms with E-state index < -0.39 is 0 Å². The van der Waals surface area contributed by atoms with E-state index in [-0.39, 0.29) is 11.0 Å². The van der Waals surface area contributed by atoms with Crippen molar-refractivity contribution in [2.45, 2.75) is 16.9 Å². The molecule has 1 atom stereocenters. The van der Waals surface area contributed by atoms with E-state index >= 15 is 0 Å². The maximum absolute atomic E-state index is 12.3. The van der Waals surface area contributed by atoms with Crippen LogP contribution in [0.2, 0.25) is 0 Å². The van der Waals surface area contributed by atoms with E-state index in [1.54, 1.807) is 18.6 Å². The third-order valence-electron chi connectivity index (χ3n) is 3.40. The van der Waals surface area contributed by atoms with Gasteiger partial charge in [0.15, 0.2) is 5.78 Å². The highest BCUT2D eigenvalue weighted by Crippen LogP contribution is 2.34. The van der Waals surface area contributed by atoms with Crippen LogP contribution in [0.15, 0.2) is 56.9 Å². The predicted molar refractivity (Wildman–Crippen MR) is 76.1 cm³/mol. The van der Waals surface area contributed by atoms with E-state index in [2.05, 4.69) is 10.2 Å². The fourth-order valence-corrected chi connectivity index (χ4v) is 3.34. The highest BCUT2D eigenvalue weighted by Gasteiger charge is 2.32. The summed E-state index contributed by atoms with van der Waals surface area (Å²) in [6.45, 7) is 0. The zero-order valence-corrected chi connectivity index (χ0v) is 11.7. The lowest BCUT2D eigenvalue weighted by Crippen LogP contribution is -2.10. The Kier molecular flexibility index (Phi) is 2.89. The number of hydrogen-bond acceptors (Lipinski definition) is 6. The van der Waals surface area contributed by atoms with E-state index in [0.717, 1.165) is 16.7 Å². The zero-order chi connectivity index (χ0) is 14.2. The molecular formula is C15H10N2O3S. The van der Waals surface area contributed by atoms with Crippen molar-refractivity contribution in [3.8, 4) is 11.5 Å². The summed E-state index contributed by atoms with van der Waals surface area (Å²) < 4.78 is 10.5. The molecule has 0 bridgehead atoms. The first kappa shape index (κ1) is 12.4. The third kappa shape index (κ3) is 2.17. The fourth-order valence-electron chi connectivity index (χ4n) is 2.38. The summed E-state index contributed by atoms with van der Waals surface area (Å²) >= 11 is 1.31. The van der Waals surface area contributed by atoms with E-state index in [9.17, 15) is 4.79 Å². The number of aromatic nitrogens is 2. The van der Waals surface area contributed by atoms with Crippen LogP contribution in [0.4, 0.5) is 0 Å². The Bertz CT molecular complexity index is 795. The largest absolute Gasteiger partial charge is 0.472 e. The number of ketones is 1. The number of carbonyl (C=O) groups is 1. The molecule has 21 heavy (non-hydrogen) atoms. The Morgan fingerprint density at radius 3 is 2.90 bits per heavy atom. The second-order valence-corrected chi connectivity index (χ2v) is 5.87. The van der Waals surface area contributed by atoms with Crippen molar-refractivity contribution in [2.24, 2.45) is 0 Å². The summed E-state index contributed by atoms with van der Waals surface area (Å²) in [5.41, 5.74) is 2.61. The topological polar surface area (TPSA) is 69.1 Å². The summed E-state index contributed by atoms with van der Waals surface area (Å²) in [5.74, 6) is 0.521. The Hall–Kier alpha value is -2.34. The smallest absolute Gasteiger partial charge is 0.277 e. The maximum Gasteiger partial charge on any atom is 0.277 e. The van der Waals surface area contributed by atoms with Gasteiger partial charge in [-0.05, 0) is 18.1 Å². The van der Waals surface area contributed by atoms with Crippen LogP contribution in [0.3, 0.4) is 0 Å². The number of Topliss-reactive ketones (excluding diaryl/α,β-unsaturated/α-hetero) is 1. The number of fused-ring (bicyclic) bond motifs is 1. The Balaban J connectivity index is 1.54. The van der Waals surface area contributed by atoms with E-state index in [1.807, 2.05) is 24.3 Å². The first-order valence-electron chi connectivity index (χ1n) is 6.46. The van der Waals surface area contributed by atoms with Crippen molar-refractivity contribution in [1.29, 1.82) is 0 Å². The standard InChI is InChI=1S/C15H10N2O3S/c18-13-11-4-2-1-3-9(11)7-12(13)21-15-17-16-14(20-15)10-5-6-19-8-10/h1-6,8,12H,7H2. The second kappa shape index (κ2) is 4.89. The van der Waals surface area contributed by atoms with Crippen molar-refractivity contribution in [3.63, 3.8) is 0 Å². The molecule has 0 spiro atoms. The minimum Gasteiger partial charge on any atom is -0.472 e. The van der Waals surface area contributed by atoms with Crippen LogP contribution in [0, 0.1) is 0 Å². The number of hydrogen-bond donors (Lipinski definition) is 0. The summed E-state index contributed by atoms with van der Waals surface area (Å²) in [7, 11) is 0. The molecule has 4 rings (SSSR count). The Labute approximate surface area is 124 Å². The molecule has 1 aliphatic rings. The van der Waals surface area contributed by atoms with Crippen molar-refractivity contribution < 1.29 is 13.6 Å². The number of furan rings is 1. The quantitative estimate of drug-likeness (QED) is 0.739. The van der Waals surface area contributed by atoms with Gasteiger partial charge in [0.25, 0.3) is 11.1 Å². The fraction of sp³-hybridized carbons (Fsp3) is 0.133. The van der Waals surface area contributed by atoms with Crippen LogP contribution in [0.25, 0.3) is 11.5 Å². The first-order valence-corrected chi connectivity index (χ1v) is 7.34. The van der Waals surface area contributed by atoms with Crippen LogP contribution in [0.1, 0.15) is 15.9 Å². The number of benzene rings is 1. The van der Waals surface area contributed by atoms with E-state index in [1.165, 1.54) is 11.8 Å². The third-order valence-corrected chi connectivity index (χ3v) is 4.43. The number of nitrogens with zero attached hydrogens (tertiary/aromatic N) is 2. The van der Waals surface area contributed by atoms with Gasteiger partial charge in [0, 0.05) is 5.56 Å². The van der Waals surface area contributed by atoms with Crippen LogP contribution in [-0.2, 0) is 6.42 Å². The van der Waals surface area contributed by atoms with Crippen LogP contribution in [0.5, 0.6) is 0 Å². The summed E-state index contributed by atoms with van der Waals surface area (Å²) in [5, 5.41) is 8.16. The minimum absolute atomic E-state index is 0.124. The van der Waals surface area contributed by atoms with Crippen LogP contribution >= 0.6 is 11.8 Å². The van der Waals surface area contributed by atoms with Crippen LogP contribution in [-0.4, -0.2) is 21.2 Å². The maximum atomic E-state index is 12.3. The molecule has 3 aromatic rings. The second-order valence-electron chi connectivity index (χ2n) is 4.72. The van der Waals surface area contributed by atoms with Gasteiger partial charge < -0.3 is 8.83 Å². The average molecular weight is 298 g/mol. The summed E-state index contributed by atoms with van der Waals surface area (Å²) in [6, 6.07) is 9.43. The number of rotatable bonds is 3. The van der Waals surface area contributed by atoms with Crippen molar-refractivity contribution in [3.05, 3.63) is 54.0 Å². The molecule has 2 aromatic heterocycles. The van der Waals surface area contributed by atoms with Gasteiger partial charge in [0.05, 0.1) is 17.1 Å². The van der Waals surface area contributed by atoms with Gasteiger partial charge in [0.1, 0.15) is 6.26 Å². The monoisotopic (exact) mass is 298 g/mol. The van der Waals surface area contributed by atoms with E-state index in [0.29, 0.717) is 17.5 Å². The van der Waals surface area contributed by atoms with Crippen molar-refractivity contribution in [1.82, 2.24) is 10.2 Å². The molecule has 1 unspecified atom stereocenters. The normalized spacial score (nSPS) is 17.1. The van der Waals surface area contributed by atoms with Gasteiger partial charge in [-0.3, -0.25) is 4.79 Å². The van der Waals surface area contributed by atoms with Gasteiger partial charge in [-0.15, -0.1) is 10.2 Å². The molecule has 0 radical (unpaired) electrons. The molecule has 104 valence electrons. The van der Waals surface area contributed by atoms with E-state index in [4.69, 9.17) is 8.83 Å². The molecule has 0 aliphatic heterocycles. The number of thioether (sulfide) groups is 1. The SMILES string of the molecule is O=C1c2ccccc2CC1Sc1nnc(-c2ccoc2)o1. The molecular weight excluding hydrogens is 288 g/mol. The Morgan fingerprint density at radius 1 is 1.19 bits per heavy atom. The molecule has 0 fully saturated rings. The molecule has 1 aromatic carbocycles.